The topological polar surface area (TPSA) is 437 Å². The first-order chi connectivity index (χ1) is 65.8. The van der Waals surface area contributed by atoms with E-state index in [4.69, 9.17) is 10.8 Å². The molecule has 0 saturated carbocycles. The number of amides is 5. The Kier molecular flexibility index (Phi) is 32.5. The molecule has 680 valence electrons. The van der Waals surface area contributed by atoms with Gasteiger partial charge in [-0.1, -0.05) is 249 Å². The molecule has 2 aromatic heterocycles. The lowest BCUT2D eigenvalue weighted by Crippen LogP contribution is -2.26. The second-order valence-electron chi connectivity index (χ2n) is 31.6. The van der Waals surface area contributed by atoms with E-state index in [0.29, 0.717) is 102 Å². The normalized spacial score (nSPS) is 12.9. The van der Waals surface area contributed by atoms with Gasteiger partial charge in [0.25, 0.3) is 17.7 Å². The molecule has 17 rings (SSSR count). The number of nitrogens with zero attached hydrogens (tertiary/aromatic N) is 5. The third kappa shape index (κ3) is 25.6. The average Bonchev–Trinajstić information content (AvgIpc) is 1.35. The van der Waals surface area contributed by atoms with Crippen molar-refractivity contribution in [1.29, 1.82) is 0 Å². The fourth-order valence-electron chi connectivity index (χ4n) is 15.4. The lowest BCUT2D eigenvalue weighted by Gasteiger charge is -2.18. The summed E-state index contributed by atoms with van der Waals surface area (Å²) in [6, 6.07) is 94.4. The van der Waals surface area contributed by atoms with Crippen LogP contribution in [0.5, 0.6) is 0 Å². The zero-order valence-corrected chi connectivity index (χ0v) is 73.6. The number of aliphatic hydroxyl groups excluding tert-OH is 4. The number of rotatable bonds is 34. The minimum atomic E-state index is -0.933. The first-order valence-corrected chi connectivity index (χ1v) is 43.6. The molecule has 0 saturated heterocycles. The van der Waals surface area contributed by atoms with E-state index >= 15 is 0 Å². The molecule has 5 amide bonds. The summed E-state index contributed by atoms with van der Waals surface area (Å²) in [5.41, 5.74) is 25.5. The maximum Gasteiger partial charge on any atom is 0.307 e. The molecule has 12 aromatic carbocycles. The lowest BCUT2D eigenvalue weighted by molar-refractivity contribution is -0.136. The van der Waals surface area contributed by atoms with Gasteiger partial charge in [0.05, 0.1) is 44.0 Å². The average molecular weight is 1800 g/mol. The first kappa shape index (κ1) is 94.2. The fourth-order valence-corrected chi connectivity index (χ4v) is 15.4. The number of carbonyl (C=O) groups is 7. The zero-order chi connectivity index (χ0) is 94.4. The number of aliphatic hydroxyl groups is 4. The van der Waals surface area contributed by atoms with Crippen LogP contribution in [0.3, 0.4) is 0 Å². The van der Waals surface area contributed by atoms with Crippen molar-refractivity contribution in [2.75, 3.05) is 70.4 Å². The van der Waals surface area contributed by atoms with Crippen molar-refractivity contribution < 1.29 is 59.1 Å². The molecule has 28 heteroatoms. The molecule has 5 heterocycles. The van der Waals surface area contributed by atoms with E-state index in [2.05, 4.69) is 84.0 Å². The number of carboxylic acids is 1. The molecule has 4 atom stereocenters. The highest BCUT2D eigenvalue weighted by atomic mass is 16.4. The Balaban J connectivity index is 0.000000144. The van der Waals surface area contributed by atoms with Crippen LogP contribution in [0, 0.1) is 0 Å². The number of aromatic amines is 2. The number of aromatic nitrogens is 4. The van der Waals surface area contributed by atoms with Crippen LogP contribution in [-0.2, 0) is 58.0 Å². The summed E-state index contributed by atoms with van der Waals surface area (Å²) < 4.78 is 0. The second-order valence-corrected chi connectivity index (χ2v) is 31.6. The predicted molar refractivity (Wildman–Crippen MR) is 526 cm³/mol. The summed E-state index contributed by atoms with van der Waals surface area (Å²) in [6.45, 7) is 2.29. The largest absolute Gasteiger partial charge is 0.481 e. The van der Waals surface area contributed by atoms with Crippen LogP contribution in [0.15, 0.2) is 360 Å². The molecule has 28 nitrogen and oxygen atoms in total. The molecule has 3 aliphatic rings. The fraction of sp³-hybridized carbons (Fsp3) is 0.140. The Morgan fingerprint density at radius 1 is 0.393 bits per heavy atom. The van der Waals surface area contributed by atoms with E-state index in [1.807, 2.05) is 255 Å². The van der Waals surface area contributed by atoms with Gasteiger partial charge in [0.1, 0.15) is 47.2 Å². The van der Waals surface area contributed by atoms with Crippen molar-refractivity contribution in [1.82, 2.24) is 25.7 Å². The molecular formula is C107H100N16O12. The number of nitrogens with two attached hydrogens (primary N) is 1. The van der Waals surface area contributed by atoms with Crippen molar-refractivity contribution in [2.24, 2.45) is 20.7 Å². The van der Waals surface area contributed by atoms with Crippen molar-refractivity contribution in [3.63, 3.8) is 0 Å². The van der Waals surface area contributed by atoms with Gasteiger partial charge < -0.3 is 73.8 Å². The van der Waals surface area contributed by atoms with Gasteiger partial charge in [0.2, 0.25) is 11.8 Å². The molecule has 4 unspecified atom stereocenters. The van der Waals surface area contributed by atoms with Crippen LogP contribution in [0.25, 0.3) is 0 Å². The number of anilines is 7. The smallest absolute Gasteiger partial charge is 0.307 e. The highest BCUT2D eigenvalue weighted by Crippen LogP contribution is 2.35. The maximum atomic E-state index is 13.0. The van der Waals surface area contributed by atoms with Gasteiger partial charge in [-0.25, -0.2) is 0 Å². The van der Waals surface area contributed by atoms with Crippen molar-refractivity contribution in [2.45, 2.75) is 63.2 Å². The molecule has 0 bridgehead atoms. The van der Waals surface area contributed by atoms with Gasteiger partial charge in [0.15, 0.2) is 5.78 Å². The van der Waals surface area contributed by atoms with E-state index in [9.17, 15) is 54.0 Å². The summed E-state index contributed by atoms with van der Waals surface area (Å²) in [5, 5.41) is 90.6. The number of aliphatic imine (C=N–C) groups is 3. The second kappa shape index (κ2) is 46.6. The van der Waals surface area contributed by atoms with Crippen molar-refractivity contribution in [3.05, 3.63) is 440 Å². The number of H-pyrrole nitrogens is 2. The minimum Gasteiger partial charge on any atom is -0.481 e. The van der Waals surface area contributed by atoms with Gasteiger partial charge in [0, 0.05) is 131 Å². The quantitative estimate of drug-likeness (QED) is 0.0167. The molecule has 0 spiro atoms. The van der Waals surface area contributed by atoms with Crippen LogP contribution in [0.4, 0.5) is 45.5 Å². The summed E-state index contributed by atoms with van der Waals surface area (Å²) in [5.74, 6) is -2.67. The van der Waals surface area contributed by atoms with Gasteiger partial charge in [-0.3, -0.25) is 58.7 Å². The zero-order valence-electron chi connectivity index (χ0n) is 73.6. The maximum absolute atomic E-state index is 13.0. The van der Waals surface area contributed by atoms with Crippen LogP contribution >= 0.6 is 0 Å². The van der Waals surface area contributed by atoms with Crippen molar-refractivity contribution >= 4 is 104 Å². The number of benzene rings is 12. The van der Waals surface area contributed by atoms with Crippen LogP contribution in [0.2, 0.25) is 0 Å². The number of aliphatic carboxylic acids is 1. The third-order valence-corrected chi connectivity index (χ3v) is 22.3. The standard InChI is InChI=1S/C27H27N5O3.C27H24N4O2.C27H25N3O4.C26H24N4O3/c1-28-24(33)15-18-8-7-11-21(14-18)31-27(35)25-20(17-30-32-25)16-29-23-13-6-5-12-22(23)26(34)19-9-3-2-4-10-19;32-25(15-18-10-11-23-20(14-18)12-13-28-23)26-21(17-30-31-26)16-29-24-9-5-4-8-22(24)27(33)19-6-2-1-3-7-19;31-24(32)16-18-7-6-10-21(15-18)30-27(34)25-20(13-14-28-25)17-29-23-12-5-4-11-22(23)26(33)19-8-2-1-3-9-19;27-25(32)18-9-6-10-20(15-18)30-26(33)23-19(13-14-28-23)16-29-22-12-5-4-11-21(22)24(31)17-7-2-1-3-8-17/h2-14,17,26,29,34H,15-16H2,1H3,(H,28,33)(H,30,32)(H,31,35);1-11,13-14,17,27,29,33H,12,15-16H2,(H,30,31);1-13,15,26,29,33H,14,16-17H2,(H,30,34)(H,31,32);1-13,15,24,29,31H,14,16H2,(H2,27,32)(H,30,33). The van der Waals surface area contributed by atoms with Gasteiger partial charge in [-0.05, 0) is 128 Å². The Morgan fingerprint density at radius 3 is 1.20 bits per heavy atom. The number of nitrogens with one attached hydrogen (secondary N) is 10. The number of carbonyl (C=O) groups excluding carboxylic acids is 6. The molecule has 3 aliphatic heterocycles. The molecule has 17 N–H and O–H groups in total. The summed E-state index contributed by atoms with van der Waals surface area (Å²) in [6.07, 6.45) is 7.07. The number of para-hydroxylation sites is 4. The van der Waals surface area contributed by atoms with Crippen molar-refractivity contribution in [3.8, 4) is 0 Å². The molecule has 0 aliphatic carbocycles. The summed E-state index contributed by atoms with van der Waals surface area (Å²) in [4.78, 5) is 98.6. The number of likely N-dealkylation sites (N-methyl/N-ethyl adjacent to an activating group) is 1. The van der Waals surface area contributed by atoms with Crippen LogP contribution in [0.1, 0.15) is 134 Å². The number of hydrogen-bond acceptors (Lipinski definition) is 20. The minimum absolute atomic E-state index is 0.0132. The number of hydrogen-bond donors (Lipinski definition) is 16. The number of fused-ring (bicyclic) bond motifs is 1. The van der Waals surface area contributed by atoms with Gasteiger partial charge >= 0.3 is 5.97 Å². The van der Waals surface area contributed by atoms with E-state index in [0.717, 1.165) is 113 Å². The molecular weight excluding hydrogens is 1700 g/mol. The lowest BCUT2D eigenvalue weighted by atomic mass is 9.99. The van der Waals surface area contributed by atoms with E-state index < -0.39 is 36.3 Å². The number of ketones is 1. The van der Waals surface area contributed by atoms with Crippen LogP contribution < -0.4 is 48.3 Å². The Bertz CT molecular complexity index is 6700. The first-order valence-electron chi connectivity index (χ1n) is 43.6. The van der Waals surface area contributed by atoms with E-state index in [-0.39, 0.29) is 42.3 Å². The van der Waals surface area contributed by atoms with E-state index in [1.54, 1.807) is 80.1 Å². The number of primary amides is 1. The molecule has 14 aromatic rings. The Labute approximate surface area is 779 Å². The molecule has 0 fully saturated rings. The van der Waals surface area contributed by atoms with Gasteiger partial charge in [-0.15, -0.1) is 0 Å². The number of Topliss-reactive ketones (excluding diaryl/α,β-unsaturated/α-hetero) is 1. The third-order valence-electron chi connectivity index (χ3n) is 22.3. The monoisotopic (exact) mass is 1800 g/mol. The predicted octanol–water partition coefficient (Wildman–Crippen LogP) is 15.6. The highest BCUT2D eigenvalue weighted by Gasteiger charge is 2.27. The highest BCUT2D eigenvalue weighted by molar-refractivity contribution is 6.50. The van der Waals surface area contributed by atoms with Crippen LogP contribution in [-0.4, -0.2) is 138 Å². The summed E-state index contributed by atoms with van der Waals surface area (Å²) in [7, 11) is 1.59. The Hall–Kier alpha value is -16.9. The summed E-state index contributed by atoms with van der Waals surface area (Å²) >= 11 is 0. The van der Waals surface area contributed by atoms with E-state index in [1.165, 1.54) is 6.07 Å². The molecule has 0 radical (unpaired) electrons. The number of carboxylic acid groups (broad SMARTS) is 1. The SMILES string of the molecule is CNC(=O)Cc1cccc(NC(=O)c2[nH]ncc2CNc2ccccc2C(O)c2ccccc2)c1.NC(=O)c1cccc(NC(=O)C2=NCC=C2CNc2ccccc2C(O)c2ccccc2)c1.O=C(Cc1ccc2c(c1)CC=N2)c1[nH]ncc1CNc1ccccc1C(O)c1ccccc1.O=C(O)Cc1cccc(NC(=O)C2=NCC=C2CNc2ccccc2C(O)c2ccccc2)c1. The van der Waals surface area contributed by atoms with Gasteiger partial charge in [-0.2, -0.15) is 10.2 Å². The molecule has 135 heavy (non-hydrogen) atoms. The Morgan fingerprint density at radius 2 is 0.770 bits per heavy atom.